The summed E-state index contributed by atoms with van der Waals surface area (Å²) < 4.78 is 7.26. The van der Waals surface area contributed by atoms with E-state index in [1.54, 1.807) is 43.9 Å². The number of carbonyl (C=O) groups is 1. The minimum Gasteiger partial charge on any atom is -0.454 e. The van der Waals surface area contributed by atoms with Gasteiger partial charge in [-0.25, -0.2) is 0 Å². The first-order chi connectivity index (χ1) is 9.44. The number of aromatic nitrogens is 2. The van der Waals surface area contributed by atoms with Crippen LogP contribution in [0.5, 0.6) is 0 Å². The highest BCUT2D eigenvalue weighted by Gasteiger charge is 2.29. The van der Waals surface area contributed by atoms with E-state index in [1.165, 1.54) is 4.90 Å². The van der Waals surface area contributed by atoms with E-state index < -0.39 is 5.54 Å². The third-order valence-electron chi connectivity index (χ3n) is 3.35. The number of furan rings is 1. The molecule has 108 valence electrons. The second-order valence-electron chi connectivity index (χ2n) is 5.30. The highest BCUT2D eigenvalue weighted by atomic mass is 16.4. The first-order valence-corrected chi connectivity index (χ1v) is 6.39. The molecule has 0 aliphatic heterocycles. The molecule has 0 aliphatic rings. The van der Waals surface area contributed by atoms with Crippen LogP contribution in [-0.4, -0.2) is 44.9 Å². The van der Waals surface area contributed by atoms with Crippen LogP contribution in [0.15, 0.2) is 35.0 Å². The van der Waals surface area contributed by atoms with Gasteiger partial charge in [0.25, 0.3) is 5.91 Å². The van der Waals surface area contributed by atoms with Gasteiger partial charge in [-0.05, 0) is 32.0 Å². The Morgan fingerprint density at radius 3 is 2.85 bits per heavy atom. The Bertz CT molecular complexity index is 572. The molecule has 0 aromatic carbocycles. The molecule has 2 heterocycles. The van der Waals surface area contributed by atoms with Gasteiger partial charge in [-0.3, -0.25) is 9.48 Å². The Balaban J connectivity index is 2.10. The summed E-state index contributed by atoms with van der Waals surface area (Å²) in [6.45, 7) is 3.94. The van der Waals surface area contributed by atoms with E-state index in [4.69, 9.17) is 4.42 Å². The van der Waals surface area contributed by atoms with Crippen molar-refractivity contribution in [3.05, 3.63) is 42.1 Å². The number of carbonyl (C=O) groups excluding carboxylic acids is 1. The van der Waals surface area contributed by atoms with Crippen LogP contribution in [0.3, 0.4) is 0 Å². The first kappa shape index (κ1) is 14.3. The Morgan fingerprint density at radius 1 is 1.50 bits per heavy atom. The van der Waals surface area contributed by atoms with E-state index in [0.29, 0.717) is 12.3 Å². The van der Waals surface area contributed by atoms with E-state index in [0.717, 1.165) is 0 Å². The van der Waals surface area contributed by atoms with Gasteiger partial charge in [0, 0.05) is 19.4 Å². The van der Waals surface area contributed by atoms with Crippen molar-refractivity contribution >= 4 is 5.91 Å². The fourth-order valence-electron chi connectivity index (χ4n) is 1.68. The van der Waals surface area contributed by atoms with Crippen LogP contribution in [-0.2, 0) is 6.54 Å². The number of nitrogens with zero attached hydrogens (tertiary/aromatic N) is 3. The minimum absolute atomic E-state index is 0.115. The lowest BCUT2D eigenvalue weighted by molar-refractivity contribution is 0.0442. The van der Waals surface area contributed by atoms with Crippen LogP contribution in [0.25, 0.3) is 0 Å². The van der Waals surface area contributed by atoms with E-state index >= 15 is 0 Å². The van der Waals surface area contributed by atoms with Crippen molar-refractivity contribution in [1.29, 1.82) is 0 Å². The maximum atomic E-state index is 12.3. The van der Waals surface area contributed by atoms with E-state index in [2.05, 4.69) is 5.10 Å². The fraction of sp³-hybridized carbons (Fsp3) is 0.429. The lowest BCUT2D eigenvalue weighted by Gasteiger charge is -2.33. The molecule has 6 nitrogen and oxygen atoms in total. The van der Waals surface area contributed by atoms with Crippen LogP contribution in [0, 0.1) is 0 Å². The Hall–Kier alpha value is -2.08. The van der Waals surface area contributed by atoms with Crippen LogP contribution < -0.4 is 0 Å². The molecule has 2 rings (SSSR count). The standard InChI is InChI=1S/C14H19N3O3/c1-14(2,10-18)16(3)13(19)12-6-5-11(20-12)9-17-8-4-7-15-17/h4-8,18H,9-10H2,1-3H3. The molecule has 0 saturated heterocycles. The van der Waals surface area contributed by atoms with Gasteiger partial charge in [-0.2, -0.15) is 5.10 Å². The zero-order valence-corrected chi connectivity index (χ0v) is 11.9. The first-order valence-electron chi connectivity index (χ1n) is 6.39. The molecular weight excluding hydrogens is 258 g/mol. The van der Waals surface area contributed by atoms with Crippen LogP contribution in [0.1, 0.15) is 30.2 Å². The Morgan fingerprint density at radius 2 is 2.25 bits per heavy atom. The van der Waals surface area contributed by atoms with Crippen LogP contribution >= 0.6 is 0 Å². The lowest BCUT2D eigenvalue weighted by atomic mass is 10.1. The molecule has 0 fully saturated rings. The topological polar surface area (TPSA) is 71.5 Å². The molecule has 0 unspecified atom stereocenters. The molecule has 2 aromatic rings. The maximum Gasteiger partial charge on any atom is 0.289 e. The number of hydrogen-bond donors (Lipinski definition) is 1. The SMILES string of the molecule is CN(C(=O)c1ccc(Cn2cccn2)o1)C(C)(C)CO. The Kier molecular flexibility index (Phi) is 3.94. The second-order valence-corrected chi connectivity index (χ2v) is 5.30. The molecule has 20 heavy (non-hydrogen) atoms. The molecule has 0 saturated carbocycles. The van der Waals surface area contributed by atoms with Crippen molar-refractivity contribution in [2.45, 2.75) is 25.9 Å². The van der Waals surface area contributed by atoms with Gasteiger partial charge in [0.15, 0.2) is 5.76 Å². The number of hydrogen-bond acceptors (Lipinski definition) is 4. The number of likely N-dealkylation sites (N-methyl/N-ethyl adjacent to an activating group) is 1. The smallest absolute Gasteiger partial charge is 0.289 e. The van der Waals surface area contributed by atoms with Crippen molar-refractivity contribution in [3.8, 4) is 0 Å². The Labute approximate surface area is 117 Å². The van der Waals surface area contributed by atoms with Crippen molar-refractivity contribution in [1.82, 2.24) is 14.7 Å². The highest BCUT2D eigenvalue weighted by molar-refractivity contribution is 5.91. The summed E-state index contributed by atoms with van der Waals surface area (Å²) in [5.41, 5.74) is -0.633. The van der Waals surface area contributed by atoms with Gasteiger partial charge in [0.1, 0.15) is 5.76 Å². The fourth-order valence-corrected chi connectivity index (χ4v) is 1.68. The summed E-state index contributed by atoms with van der Waals surface area (Å²) in [4.78, 5) is 13.7. The average molecular weight is 277 g/mol. The van der Waals surface area contributed by atoms with Gasteiger partial charge >= 0.3 is 0 Å². The van der Waals surface area contributed by atoms with Crippen molar-refractivity contribution in [2.24, 2.45) is 0 Å². The average Bonchev–Trinajstić information content (AvgIpc) is 3.09. The molecule has 1 N–H and O–H groups in total. The van der Waals surface area contributed by atoms with Crippen molar-refractivity contribution < 1.29 is 14.3 Å². The summed E-state index contributed by atoms with van der Waals surface area (Å²) in [5.74, 6) is 0.666. The predicted octanol–water partition coefficient (Wildman–Crippen LogP) is 1.37. The third kappa shape index (κ3) is 2.91. The zero-order chi connectivity index (χ0) is 14.8. The summed E-state index contributed by atoms with van der Waals surface area (Å²) >= 11 is 0. The summed E-state index contributed by atoms with van der Waals surface area (Å²) in [6.07, 6.45) is 3.51. The predicted molar refractivity (Wildman–Crippen MR) is 73.3 cm³/mol. The summed E-state index contributed by atoms with van der Waals surface area (Å²) in [5, 5.41) is 13.4. The van der Waals surface area contributed by atoms with E-state index in [9.17, 15) is 9.90 Å². The molecule has 2 aromatic heterocycles. The monoisotopic (exact) mass is 277 g/mol. The summed E-state index contributed by atoms with van der Waals surface area (Å²) in [6, 6.07) is 5.23. The minimum atomic E-state index is -0.633. The number of amides is 1. The third-order valence-corrected chi connectivity index (χ3v) is 3.35. The van der Waals surface area contributed by atoms with Gasteiger partial charge in [0.05, 0.1) is 18.7 Å². The lowest BCUT2D eigenvalue weighted by Crippen LogP contribution is -2.47. The van der Waals surface area contributed by atoms with Crippen LogP contribution in [0.4, 0.5) is 0 Å². The number of rotatable bonds is 5. The highest BCUT2D eigenvalue weighted by Crippen LogP contribution is 2.17. The van der Waals surface area contributed by atoms with Crippen LogP contribution in [0.2, 0.25) is 0 Å². The van der Waals surface area contributed by atoms with E-state index in [-0.39, 0.29) is 18.3 Å². The van der Waals surface area contributed by atoms with Gasteiger partial charge in [0.2, 0.25) is 0 Å². The molecular formula is C14H19N3O3. The van der Waals surface area contributed by atoms with Gasteiger partial charge in [-0.1, -0.05) is 0 Å². The van der Waals surface area contributed by atoms with Crippen molar-refractivity contribution in [3.63, 3.8) is 0 Å². The molecule has 0 atom stereocenters. The molecule has 0 spiro atoms. The quantitative estimate of drug-likeness (QED) is 0.896. The number of aliphatic hydroxyl groups excluding tert-OH is 1. The molecule has 0 radical (unpaired) electrons. The van der Waals surface area contributed by atoms with Crippen molar-refractivity contribution in [2.75, 3.05) is 13.7 Å². The molecule has 0 bridgehead atoms. The molecule has 0 aliphatic carbocycles. The molecule has 6 heteroatoms. The normalized spacial score (nSPS) is 11.6. The van der Waals surface area contributed by atoms with E-state index in [1.807, 2.05) is 12.3 Å². The second kappa shape index (κ2) is 5.50. The largest absolute Gasteiger partial charge is 0.454 e. The van der Waals surface area contributed by atoms with Gasteiger partial charge in [-0.15, -0.1) is 0 Å². The van der Waals surface area contributed by atoms with Gasteiger partial charge < -0.3 is 14.4 Å². The summed E-state index contributed by atoms with van der Waals surface area (Å²) in [7, 11) is 1.65. The zero-order valence-electron chi connectivity index (χ0n) is 11.9. The number of aliphatic hydroxyl groups is 1. The maximum absolute atomic E-state index is 12.3. The molecule has 1 amide bonds.